The van der Waals surface area contributed by atoms with E-state index in [2.05, 4.69) is 10.5 Å². The molecule has 178 valence electrons. The molecule has 3 aromatic rings. The van der Waals surface area contributed by atoms with Crippen molar-refractivity contribution in [1.82, 2.24) is 5.43 Å². The molecule has 0 unspecified atom stereocenters. The Balaban J connectivity index is 1.66. The van der Waals surface area contributed by atoms with Crippen molar-refractivity contribution in [1.29, 1.82) is 0 Å². The number of nitrogens with one attached hydrogen (secondary N) is 1. The molecule has 0 saturated heterocycles. The fraction of sp³-hybridized carbons (Fsp3) is 0.167. The molecule has 0 aliphatic rings. The molecule has 0 aromatic heterocycles. The summed E-state index contributed by atoms with van der Waals surface area (Å²) in [6.45, 7) is 2.44. The molecule has 0 bridgehead atoms. The Morgan fingerprint density at radius 3 is 2.32 bits per heavy atom. The van der Waals surface area contributed by atoms with Gasteiger partial charge in [-0.2, -0.15) is 5.10 Å². The number of methoxy groups -OCH3 is 1. The quantitative estimate of drug-likeness (QED) is 0.233. The van der Waals surface area contributed by atoms with Crippen molar-refractivity contribution in [3.8, 4) is 17.2 Å². The van der Waals surface area contributed by atoms with Crippen molar-refractivity contribution < 1.29 is 19.0 Å². The van der Waals surface area contributed by atoms with Crippen molar-refractivity contribution in [2.75, 3.05) is 13.7 Å². The van der Waals surface area contributed by atoms with E-state index >= 15 is 0 Å². The summed E-state index contributed by atoms with van der Waals surface area (Å²) < 4.78 is 16.5. The summed E-state index contributed by atoms with van der Waals surface area (Å²) in [7, 11) is 1.53. The average molecular weight is 542 g/mol. The Kier molecular flexibility index (Phi) is 9.30. The van der Waals surface area contributed by atoms with E-state index in [9.17, 15) is 4.79 Å². The van der Waals surface area contributed by atoms with Crippen molar-refractivity contribution in [3.05, 3.63) is 85.3 Å². The summed E-state index contributed by atoms with van der Waals surface area (Å²) >= 11 is 24.8. The molecule has 0 atom stereocenters. The molecule has 0 aliphatic heterocycles. The highest BCUT2D eigenvalue weighted by atomic mass is 35.5. The van der Waals surface area contributed by atoms with Gasteiger partial charge in [0.05, 0.1) is 30.0 Å². The summed E-state index contributed by atoms with van der Waals surface area (Å²) in [6, 6.07) is 13.2. The van der Waals surface area contributed by atoms with Crippen LogP contribution in [0.15, 0.2) is 53.6 Å². The number of ether oxygens (including phenoxy) is 3. The van der Waals surface area contributed by atoms with Gasteiger partial charge in [0.25, 0.3) is 5.91 Å². The van der Waals surface area contributed by atoms with Gasteiger partial charge in [0.15, 0.2) is 17.2 Å². The number of halogens is 4. The SMILES string of the molecule is CCOc1cc(C(=O)N/N=C/c2cc(Cl)c(OCc3ccc(Cl)cc3Cl)c(Cl)c2)ccc1OC. The van der Waals surface area contributed by atoms with Crippen LogP contribution < -0.4 is 19.6 Å². The predicted octanol–water partition coefficient (Wildman–Crippen LogP) is 7.05. The van der Waals surface area contributed by atoms with Gasteiger partial charge in [0, 0.05) is 21.2 Å². The molecule has 1 amide bonds. The first-order valence-electron chi connectivity index (χ1n) is 10.0. The number of hydrazone groups is 1. The van der Waals surface area contributed by atoms with Crippen molar-refractivity contribution >= 4 is 58.5 Å². The number of nitrogens with zero attached hydrogens (tertiary/aromatic N) is 1. The summed E-state index contributed by atoms with van der Waals surface area (Å²) in [5.74, 6) is 0.886. The molecule has 1 N–H and O–H groups in total. The van der Waals surface area contributed by atoms with E-state index in [1.165, 1.54) is 13.3 Å². The maximum Gasteiger partial charge on any atom is 0.271 e. The van der Waals surface area contributed by atoms with Crippen LogP contribution in [0.5, 0.6) is 17.2 Å². The Morgan fingerprint density at radius 1 is 0.941 bits per heavy atom. The van der Waals surface area contributed by atoms with Crippen LogP contribution >= 0.6 is 46.4 Å². The lowest BCUT2D eigenvalue weighted by molar-refractivity contribution is 0.0954. The molecular formula is C24H20Cl4N2O4. The van der Waals surface area contributed by atoms with E-state index in [-0.39, 0.29) is 16.7 Å². The number of hydrogen-bond donors (Lipinski definition) is 1. The lowest BCUT2D eigenvalue weighted by Crippen LogP contribution is -2.17. The van der Waals surface area contributed by atoms with Crippen molar-refractivity contribution in [2.24, 2.45) is 5.10 Å². The standard InChI is InChI=1S/C24H20Cl4N2O4/c1-3-33-22-10-15(5-7-21(22)32-2)24(31)30-29-12-14-8-19(27)23(20(28)9-14)34-13-16-4-6-17(25)11-18(16)26/h4-12H,3,13H2,1-2H3,(H,30,31)/b29-12+. The summed E-state index contributed by atoms with van der Waals surface area (Å²) in [4.78, 5) is 12.4. The summed E-state index contributed by atoms with van der Waals surface area (Å²) in [5.41, 5.74) is 4.12. The third kappa shape index (κ3) is 6.70. The second-order valence-electron chi connectivity index (χ2n) is 6.84. The van der Waals surface area contributed by atoms with Gasteiger partial charge in [-0.25, -0.2) is 5.43 Å². The largest absolute Gasteiger partial charge is 0.493 e. The molecule has 3 aromatic carbocycles. The zero-order valence-electron chi connectivity index (χ0n) is 18.2. The van der Waals surface area contributed by atoms with Gasteiger partial charge in [-0.1, -0.05) is 52.5 Å². The molecular weight excluding hydrogens is 522 g/mol. The average Bonchev–Trinajstić information content (AvgIpc) is 2.80. The van der Waals surface area contributed by atoms with Gasteiger partial charge in [-0.3, -0.25) is 4.79 Å². The van der Waals surface area contributed by atoms with Crippen molar-refractivity contribution in [3.63, 3.8) is 0 Å². The van der Waals surface area contributed by atoms with E-state index in [4.69, 9.17) is 60.6 Å². The highest BCUT2D eigenvalue weighted by Crippen LogP contribution is 2.35. The zero-order valence-corrected chi connectivity index (χ0v) is 21.2. The molecule has 0 fully saturated rings. The lowest BCUT2D eigenvalue weighted by atomic mass is 10.2. The fourth-order valence-electron chi connectivity index (χ4n) is 2.90. The summed E-state index contributed by atoms with van der Waals surface area (Å²) in [5, 5.41) is 5.54. The Labute approximate surface area is 217 Å². The number of benzene rings is 3. The maximum atomic E-state index is 12.4. The fourth-order valence-corrected chi connectivity index (χ4v) is 3.97. The van der Waals surface area contributed by atoms with Crippen LogP contribution in [-0.4, -0.2) is 25.8 Å². The lowest BCUT2D eigenvalue weighted by Gasteiger charge is -2.12. The van der Waals surface area contributed by atoms with E-state index < -0.39 is 5.91 Å². The van der Waals surface area contributed by atoms with E-state index in [0.717, 1.165) is 5.56 Å². The Hall–Kier alpha value is -2.64. The number of carbonyl (C=O) groups excluding carboxylic acids is 1. The minimum Gasteiger partial charge on any atom is -0.493 e. The van der Waals surface area contributed by atoms with Crippen LogP contribution in [0.25, 0.3) is 0 Å². The summed E-state index contributed by atoms with van der Waals surface area (Å²) in [6.07, 6.45) is 1.42. The smallest absolute Gasteiger partial charge is 0.271 e. The second kappa shape index (κ2) is 12.2. The predicted molar refractivity (Wildman–Crippen MR) is 136 cm³/mol. The number of hydrogen-bond acceptors (Lipinski definition) is 5. The molecule has 0 heterocycles. The molecule has 34 heavy (non-hydrogen) atoms. The Bertz CT molecular complexity index is 1190. The third-order valence-corrected chi connectivity index (χ3v) is 5.66. The monoisotopic (exact) mass is 540 g/mol. The van der Waals surface area contributed by atoms with Crippen LogP contribution in [0.3, 0.4) is 0 Å². The van der Waals surface area contributed by atoms with Crippen LogP contribution in [0.2, 0.25) is 20.1 Å². The van der Waals surface area contributed by atoms with Crippen LogP contribution in [0.4, 0.5) is 0 Å². The van der Waals surface area contributed by atoms with Crippen LogP contribution in [0.1, 0.15) is 28.4 Å². The number of amides is 1. The van der Waals surface area contributed by atoms with Gasteiger partial charge in [0.1, 0.15) is 6.61 Å². The van der Waals surface area contributed by atoms with E-state index in [0.29, 0.717) is 45.0 Å². The first-order chi connectivity index (χ1) is 16.3. The number of carbonyl (C=O) groups is 1. The molecule has 0 radical (unpaired) electrons. The first-order valence-corrected chi connectivity index (χ1v) is 11.5. The van der Waals surface area contributed by atoms with Crippen LogP contribution in [-0.2, 0) is 6.61 Å². The van der Waals surface area contributed by atoms with E-state index in [1.54, 1.807) is 48.5 Å². The Morgan fingerprint density at radius 2 is 1.68 bits per heavy atom. The van der Waals surface area contributed by atoms with Crippen LogP contribution in [0, 0.1) is 0 Å². The maximum absolute atomic E-state index is 12.4. The minimum atomic E-state index is -0.420. The normalized spacial score (nSPS) is 10.9. The molecule has 6 nitrogen and oxygen atoms in total. The molecule has 3 rings (SSSR count). The van der Waals surface area contributed by atoms with Gasteiger partial charge in [-0.05, 0) is 55.0 Å². The number of rotatable bonds is 9. The van der Waals surface area contributed by atoms with Crippen molar-refractivity contribution in [2.45, 2.75) is 13.5 Å². The zero-order chi connectivity index (χ0) is 24.7. The topological polar surface area (TPSA) is 69.2 Å². The molecule has 0 saturated carbocycles. The molecule has 0 spiro atoms. The van der Waals surface area contributed by atoms with Gasteiger partial charge in [-0.15, -0.1) is 0 Å². The third-order valence-electron chi connectivity index (χ3n) is 4.51. The minimum absolute atomic E-state index is 0.157. The van der Waals surface area contributed by atoms with Gasteiger partial charge >= 0.3 is 0 Å². The van der Waals surface area contributed by atoms with Gasteiger partial charge < -0.3 is 14.2 Å². The molecule has 0 aliphatic carbocycles. The van der Waals surface area contributed by atoms with Gasteiger partial charge in [0.2, 0.25) is 0 Å². The molecule has 10 heteroatoms. The van der Waals surface area contributed by atoms with E-state index in [1.807, 2.05) is 6.92 Å². The first kappa shape index (κ1) is 26.0. The highest BCUT2D eigenvalue weighted by molar-refractivity contribution is 6.37. The highest BCUT2D eigenvalue weighted by Gasteiger charge is 2.12. The second-order valence-corrected chi connectivity index (χ2v) is 8.49.